The number of carbonyl (C=O) groups is 2. The van der Waals surface area contributed by atoms with Gasteiger partial charge in [-0.25, -0.2) is 0 Å². The second kappa shape index (κ2) is 7.63. The molecule has 0 aliphatic heterocycles. The number of rotatable bonds is 5. The predicted molar refractivity (Wildman–Crippen MR) is 76.5 cm³/mol. The van der Waals surface area contributed by atoms with Gasteiger partial charge in [0.2, 0.25) is 0 Å². The van der Waals surface area contributed by atoms with Crippen molar-refractivity contribution in [2.45, 2.75) is 6.92 Å². The number of nitrogens with two attached hydrogens (primary N) is 1. The first kappa shape index (κ1) is 16.2. The summed E-state index contributed by atoms with van der Waals surface area (Å²) in [4.78, 5) is 27.1. The fourth-order valence-corrected chi connectivity index (χ4v) is 1.44. The maximum absolute atomic E-state index is 11.7. The lowest BCUT2D eigenvalue weighted by atomic mass is 10.3. The van der Waals surface area contributed by atoms with E-state index in [1.807, 2.05) is 0 Å². The van der Waals surface area contributed by atoms with Crippen molar-refractivity contribution in [2.24, 2.45) is 10.7 Å². The molecule has 0 heterocycles. The minimum atomic E-state index is -0.571. The van der Waals surface area contributed by atoms with E-state index in [0.29, 0.717) is 5.69 Å². The number of hydrogen-bond acceptors (Lipinski definition) is 6. The second-order valence-electron chi connectivity index (χ2n) is 3.90. The zero-order valence-electron chi connectivity index (χ0n) is 11.4. The highest BCUT2D eigenvalue weighted by molar-refractivity contribution is 6.29. The summed E-state index contributed by atoms with van der Waals surface area (Å²) < 4.78 is 4.98. The summed E-state index contributed by atoms with van der Waals surface area (Å²) in [6, 6.07) is 5.67. The van der Waals surface area contributed by atoms with Crippen molar-refractivity contribution in [3.8, 4) is 5.75 Å². The van der Waals surface area contributed by atoms with Gasteiger partial charge < -0.3 is 15.6 Å². The summed E-state index contributed by atoms with van der Waals surface area (Å²) in [6.45, 7) is 1.37. The van der Waals surface area contributed by atoms with Crippen LogP contribution >= 0.6 is 0 Å². The van der Waals surface area contributed by atoms with Crippen LogP contribution in [0.2, 0.25) is 0 Å². The van der Waals surface area contributed by atoms with Crippen LogP contribution in [-0.2, 0) is 14.3 Å². The zero-order valence-corrected chi connectivity index (χ0v) is 11.4. The summed E-state index contributed by atoms with van der Waals surface area (Å²) in [7, 11) is 0. The fourth-order valence-electron chi connectivity index (χ4n) is 1.44. The largest absolute Gasteiger partial charge is 0.508 e. The first-order valence-electron chi connectivity index (χ1n) is 6.08. The summed E-state index contributed by atoms with van der Waals surface area (Å²) in [5.74, 6) is -0.923. The Labute approximate surface area is 121 Å². The van der Waals surface area contributed by atoms with Crippen molar-refractivity contribution < 1.29 is 19.4 Å². The van der Waals surface area contributed by atoms with Crippen molar-refractivity contribution in [2.75, 3.05) is 13.2 Å². The number of hydrogen-bond donors (Lipinski definition) is 3. The van der Waals surface area contributed by atoms with E-state index < -0.39 is 18.3 Å². The smallest absolute Gasteiger partial charge is 0.287 e. The maximum atomic E-state index is 11.7. The lowest BCUT2D eigenvalue weighted by molar-refractivity contribution is -0.130. The van der Waals surface area contributed by atoms with E-state index in [9.17, 15) is 9.59 Å². The highest BCUT2D eigenvalue weighted by Gasteiger charge is 2.16. The fraction of sp³-hybridized carbons (Fsp3) is 0.231. The number of amides is 1. The van der Waals surface area contributed by atoms with Crippen molar-refractivity contribution in [1.82, 2.24) is 4.90 Å². The number of likely N-dealkylation sites (N-methyl/N-ethyl adjacent to an activating group) is 1. The van der Waals surface area contributed by atoms with E-state index in [0.717, 1.165) is 4.90 Å². The van der Waals surface area contributed by atoms with Crippen LogP contribution in [0, 0.1) is 5.41 Å². The van der Waals surface area contributed by atoms with Gasteiger partial charge in [-0.2, -0.15) is 4.99 Å². The van der Waals surface area contributed by atoms with Crippen molar-refractivity contribution in [3.63, 3.8) is 0 Å². The third-order valence-corrected chi connectivity index (χ3v) is 2.45. The van der Waals surface area contributed by atoms with Crippen LogP contribution in [0.5, 0.6) is 5.75 Å². The molecular formula is C13H16N4O4. The molecule has 8 nitrogen and oxygen atoms in total. The van der Waals surface area contributed by atoms with Gasteiger partial charge in [0.05, 0.1) is 5.69 Å². The third-order valence-electron chi connectivity index (χ3n) is 2.45. The number of aldehydes is 1. The van der Waals surface area contributed by atoms with Crippen LogP contribution in [-0.4, -0.2) is 47.2 Å². The summed E-state index contributed by atoms with van der Waals surface area (Å²) in [6.07, 6.45) is 0.273. The molecule has 1 aromatic rings. The lowest BCUT2D eigenvalue weighted by Gasteiger charge is -2.17. The Morgan fingerprint density at radius 2 is 2.10 bits per heavy atom. The molecule has 0 saturated heterocycles. The number of nitrogens with one attached hydrogen (secondary N) is 1. The van der Waals surface area contributed by atoms with Gasteiger partial charge in [-0.3, -0.25) is 19.9 Å². The minimum absolute atomic E-state index is 0.0922. The second-order valence-corrected chi connectivity index (χ2v) is 3.90. The molecule has 0 aromatic heterocycles. The number of nitrogens with zero attached hydrogens (tertiary/aromatic N) is 2. The Balaban J connectivity index is 2.61. The summed E-state index contributed by atoms with van der Waals surface area (Å²) >= 11 is 0. The van der Waals surface area contributed by atoms with Crippen LogP contribution in [0.3, 0.4) is 0 Å². The molecule has 0 radical (unpaired) electrons. The Bertz CT molecular complexity index is 554. The van der Waals surface area contributed by atoms with Crippen LogP contribution in [0.4, 0.5) is 5.69 Å². The van der Waals surface area contributed by atoms with E-state index in [-0.39, 0.29) is 24.6 Å². The first-order valence-corrected chi connectivity index (χ1v) is 6.08. The quantitative estimate of drug-likeness (QED) is 0.410. The Hall–Kier alpha value is -2.90. The molecular weight excluding hydrogens is 276 g/mol. The molecule has 0 spiro atoms. The number of amidine groups is 2. The molecule has 0 atom stereocenters. The number of aliphatic imine (C=N–C) groups is 1. The first-order chi connectivity index (χ1) is 9.97. The molecule has 4 N–H and O–H groups in total. The average molecular weight is 292 g/mol. The van der Waals surface area contributed by atoms with Gasteiger partial charge >= 0.3 is 0 Å². The number of phenolic OH excluding ortho intramolecular Hbond substituents is 1. The van der Waals surface area contributed by atoms with Gasteiger partial charge in [0.15, 0.2) is 18.7 Å². The van der Waals surface area contributed by atoms with Gasteiger partial charge in [0.1, 0.15) is 5.75 Å². The molecule has 21 heavy (non-hydrogen) atoms. The molecule has 0 fully saturated rings. The molecule has 0 unspecified atom stereocenters. The molecule has 1 rings (SSSR count). The third kappa shape index (κ3) is 4.94. The van der Waals surface area contributed by atoms with Gasteiger partial charge in [-0.1, -0.05) is 0 Å². The van der Waals surface area contributed by atoms with Crippen molar-refractivity contribution in [3.05, 3.63) is 24.3 Å². The van der Waals surface area contributed by atoms with E-state index in [1.165, 1.54) is 24.3 Å². The van der Waals surface area contributed by atoms with Crippen molar-refractivity contribution >= 4 is 29.7 Å². The predicted octanol–water partition coefficient (Wildman–Crippen LogP) is 0.380. The molecule has 0 saturated carbocycles. The molecule has 1 amide bonds. The highest BCUT2D eigenvalue weighted by Crippen LogP contribution is 2.16. The van der Waals surface area contributed by atoms with E-state index in [4.69, 9.17) is 21.0 Å². The standard InChI is InChI=1S/C13H16N4O4/c1-2-17(11(14)7-18)12(20)8-21-13(15)16-9-3-5-10(19)6-4-9/h3-7,14,19H,2,8H2,1H3,(H2,15,16). The lowest BCUT2D eigenvalue weighted by Crippen LogP contribution is -2.40. The molecule has 0 aliphatic carbocycles. The van der Waals surface area contributed by atoms with Crippen LogP contribution < -0.4 is 5.73 Å². The average Bonchev–Trinajstić information content (AvgIpc) is 2.48. The topological polar surface area (TPSA) is 129 Å². The van der Waals surface area contributed by atoms with E-state index in [1.54, 1.807) is 6.92 Å². The molecule has 1 aromatic carbocycles. The number of ether oxygens (including phenoxy) is 1. The van der Waals surface area contributed by atoms with E-state index in [2.05, 4.69) is 4.99 Å². The summed E-state index contributed by atoms with van der Waals surface area (Å²) in [5.41, 5.74) is 5.96. The number of aromatic hydroxyl groups is 1. The molecule has 8 heteroatoms. The monoisotopic (exact) mass is 292 g/mol. The molecule has 0 bridgehead atoms. The minimum Gasteiger partial charge on any atom is -0.508 e. The maximum Gasteiger partial charge on any atom is 0.287 e. The highest BCUT2D eigenvalue weighted by atomic mass is 16.5. The van der Waals surface area contributed by atoms with Gasteiger partial charge in [-0.15, -0.1) is 0 Å². The number of benzene rings is 1. The van der Waals surface area contributed by atoms with Gasteiger partial charge in [0.25, 0.3) is 11.9 Å². The SMILES string of the molecule is CCN(C(=N)C=O)C(=O)COC(N)=Nc1ccc(O)cc1. The van der Waals surface area contributed by atoms with Gasteiger partial charge in [0, 0.05) is 6.54 Å². The zero-order chi connectivity index (χ0) is 15.8. The van der Waals surface area contributed by atoms with Crippen molar-refractivity contribution in [1.29, 1.82) is 5.41 Å². The summed E-state index contributed by atoms with van der Waals surface area (Å²) in [5, 5.41) is 16.4. The Morgan fingerprint density at radius 3 is 2.62 bits per heavy atom. The Kier molecular flexibility index (Phi) is 5.87. The van der Waals surface area contributed by atoms with Gasteiger partial charge in [-0.05, 0) is 31.2 Å². The van der Waals surface area contributed by atoms with Crippen LogP contribution in [0.15, 0.2) is 29.3 Å². The molecule has 112 valence electrons. The number of carbonyl (C=O) groups excluding carboxylic acids is 2. The van der Waals surface area contributed by atoms with E-state index >= 15 is 0 Å². The van der Waals surface area contributed by atoms with Crippen LogP contribution in [0.25, 0.3) is 0 Å². The normalized spacial score (nSPS) is 10.8. The number of phenols is 1. The molecule has 0 aliphatic rings. The Morgan fingerprint density at radius 1 is 1.48 bits per heavy atom. The van der Waals surface area contributed by atoms with Crippen LogP contribution in [0.1, 0.15) is 6.92 Å².